The van der Waals surface area contributed by atoms with Crippen molar-refractivity contribution in [3.8, 4) is 0 Å². The van der Waals surface area contributed by atoms with Crippen LogP contribution in [-0.4, -0.2) is 47.1 Å². The molecule has 0 N–H and O–H groups in total. The second-order valence-corrected chi connectivity index (χ2v) is 6.93. The number of nitrogens with zero attached hydrogens (tertiary/aromatic N) is 4. The van der Waals surface area contributed by atoms with Gasteiger partial charge in [0.1, 0.15) is 5.83 Å². The fourth-order valence-corrected chi connectivity index (χ4v) is 3.00. The number of halogens is 4. The Bertz CT molecular complexity index is 725. The van der Waals surface area contributed by atoms with Gasteiger partial charge in [-0.05, 0) is 26.6 Å². The molecule has 0 fully saturated rings. The van der Waals surface area contributed by atoms with Gasteiger partial charge in [-0.3, -0.25) is 9.79 Å². The van der Waals surface area contributed by atoms with Crippen molar-refractivity contribution in [1.29, 1.82) is 0 Å². The molecule has 1 rings (SSSR count). The summed E-state index contributed by atoms with van der Waals surface area (Å²) in [4.78, 5) is 17.0. The molecule has 0 radical (unpaired) electrons. The molecule has 0 aliphatic heterocycles. The van der Waals surface area contributed by atoms with E-state index in [0.717, 1.165) is 18.0 Å². The molecule has 0 atom stereocenters. The lowest BCUT2D eigenvalue weighted by Gasteiger charge is -2.16. The highest BCUT2D eigenvalue weighted by Crippen LogP contribution is 2.23. The number of aromatic nitrogens is 2. The molecular weight excluding hydrogens is 384 g/mol. The van der Waals surface area contributed by atoms with Crippen LogP contribution in [0.1, 0.15) is 25.5 Å². The highest BCUT2D eigenvalue weighted by Gasteiger charge is 2.26. The summed E-state index contributed by atoms with van der Waals surface area (Å²) in [5.41, 5.74) is 1.58. The number of hydrogen-bond acceptors (Lipinski definition) is 4. The van der Waals surface area contributed by atoms with Crippen LogP contribution < -0.4 is 4.90 Å². The standard InChI is InChI=1S/C17H22F4N4OS/c1-12(9-14(18)10-22-3)25-11-15(13(2)23-25)24(4)16(26)5-7-27-8-6-17(19,20)21/h9-11H,3,5-8H2,1-2,4H3/b12-9+,14-10+. The Morgan fingerprint density at radius 3 is 2.70 bits per heavy atom. The van der Waals surface area contributed by atoms with Crippen molar-refractivity contribution in [2.45, 2.75) is 32.9 Å². The largest absolute Gasteiger partial charge is 0.389 e. The number of anilines is 1. The average molecular weight is 406 g/mol. The van der Waals surface area contributed by atoms with Gasteiger partial charge in [0.25, 0.3) is 0 Å². The SMILES string of the molecule is C=N/C=C(F)\C=C(/C)n1cc(N(C)C(=O)CCSCCC(F)(F)F)c(C)n1. The van der Waals surface area contributed by atoms with Crippen molar-refractivity contribution in [2.24, 2.45) is 4.99 Å². The molecular formula is C17H22F4N4OS. The summed E-state index contributed by atoms with van der Waals surface area (Å²) in [5.74, 6) is -0.589. The number of amides is 1. The second-order valence-electron chi connectivity index (χ2n) is 5.71. The van der Waals surface area contributed by atoms with Gasteiger partial charge < -0.3 is 4.90 Å². The third kappa shape index (κ3) is 7.98. The fourth-order valence-electron chi connectivity index (χ4n) is 2.10. The molecule has 10 heteroatoms. The van der Waals surface area contributed by atoms with Crippen molar-refractivity contribution < 1.29 is 22.4 Å². The molecule has 1 amide bonds. The van der Waals surface area contributed by atoms with Crippen molar-refractivity contribution >= 4 is 35.8 Å². The molecule has 0 aliphatic rings. The van der Waals surface area contributed by atoms with Gasteiger partial charge in [0.2, 0.25) is 5.91 Å². The number of aliphatic imine (C=N–C) groups is 1. The first-order chi connectivity index (χ1) is 12.5. The topological polar surface area (TPSA) is 50.5 Å². The van der Waals surface area contributed by atoms with Gasteiger partial charge in [-0.15, -0.1) is 0 Å². The number of aryl methyl sites for hydroxylation is 1. The average Bonchev–Trinajstić information content (AvgIpc) is 2.94. The Balaban J connectivity index is 2.68. The number of hydrogen-bond donors (Lipinski definition) is 0. The number of rotatable bonds is 9. The van der Waals surface area contributed by atoms with Gasteiger partial charge >= 0.3 is 6.18 Å². The molecule has 1 aromatic heterocycles. The number of alkyl halides is 3. The van der Waals surface area contributed by atoms with Gasteiger partial charge in [-0.2, -0.15) is 30.0 Å². The smallest absolute Gasteiger partial charge is 0.312 e. The van der Waals surface area contributed by atoms with Gasteiger partial charge in [0.15, 0.2) is 0 Å². The van der Waals surface area contributed by atoms with Gasteiger partial charge in [0, 0.05) is 30.7 Å². The lowest BCUT2D eigenvalue weighted by molar-refractivity contribution is -0.129. The van der Waals surface area contributed by atoms with Crippen molar-refractivity contribution in [2.75, 3.05) is 23.5 Å². The van der Waals surface area contributed by atoms with E-state index in [-0.39, 0.29) is 18.1 Å². The quantitative estimate of drug-likeness (QED) is 0.261. The molecule has 150 valence electrons. The summed E-state index contributed by atoms with van der Waals surface area (Å²) in [6.07, 6.45) is -1.16. The molecule has 5 nitrogen and oxygen atoms in total. The maximum atomic E-state index is 13.5. The van der Waals surface area contributed by atoms with Crippen LogP contribution in [0.3, 0.4) is 0 Å². The Hall–Kier alpha value is -2.10. The summed E-state index contributed by atoms with van der Waals surface area (Å²) < 4.78 is 51.2. The van der Waals surface area contributed by atoms with Crippen LogP contribution in [0.5, 0.6) is 0 Å². The number of carbonyl (C=O) groups excluding carboxylic acids is 1. The minimum Gasteiger partial charge on any atom is -0.312 e. The van der Waals surface area contributed by atoms with E-state index in [1.165, 1.54) is 15.7 Å². The van der Waals surface area contributed by atoms with Crippen molar-refractivity contribution in [3.63, 3.8) is 0 Å². The van der Waals surface area contributed by atoms with E-state index in [9.17, 15) is 22.4 Å². The molecule has 0 saturated carbocycles. The van der Waals surface area contributed by atoms with Crippen LogP contribution in [0.25, 0.3) is 5.70 Å². The molecule has 0 unspecified atom stereocenters. The summed E-state index contributed by atoms with van der Waals surface area (Å²) in [6.45, 7) is 6.52. The van der Waals surface area contributed by atoms with E-state index in [2.05, 4.69) is 16.8 Å². The summed E-state index contributed by atoms with van der Waals surface area (Å²) >= 11 is 1.09. The molecule has 0 saturated heterocycles. The zero-order chi connectivity index (χ0) is 20.6. The van der Waals surface area contributed by atoms with Crippen LogP contribution in [-0.2, 0) is 4.79 Å². The number of thioether (sulfide) groups is 1. The Morgan fingerprint density at radius 1 is 1.44 bits per heavy atom. The van der Waals surface area contributed by atoms with E-state index in [1.807, 2.05) is 0 Å². The molecule has 0 aromatic carbocycles. The maximum Gasteiger partial charge on any atom is 0.389 e. The van der Waals surface area contributed by atoms with Crippen LogP contribution >= 0.6 is 11.8 Å². The zero-order valence-electron chi connectivity index (χ0n) is 15.4. The molecule has 1 heterocycles. The predicted molar refractivity (Wildman–Crippen MR) is 102 cm³/mol. The van der Waals surface area contributed by atoms with Crippen LogP contribution in [0.2, 0.25) is 0 Å². The number of allylic oxidation sites excluding steroid dienone is 3. The van der Waals surface area contributed by atoms with E-state index in [1.54, 1.807) is 27.1 Å². The third-order valence-corrected chi connectivity index (χ3v) is 4.51. The summed E-state index contributed by atoms with van der Waals surface area (Å²) in [7, 11) is 1.57. The van der Waals surface area contributed by atoms with Crippen LogP contribution in [0.4, 0.5) is 23.2 Å². The van der Waals surface area contributed by atoms with Crippen LogP contribution in [0, 0.1) is 6.92 Å². The van der Waals surface area contributed by atoms with Crippen LogP contribution in [0.15, 0.2) is 29.3 Å². The molecule has 27 heavy (non-hydrogen) atoms. The highest BCUT2D eigenvalue weighted by molar-refractivity contribution is 7.99. The van der Waals surface area contributed by atoms with Crippen molar-refractivity contribution in [3.05, 3.63) is 30.0 Å². The normalized spacial score (nSPS) is 13.0. The molecule has 0 spiro atoms. The lowest BCUT2D eigenvalue weighted by atomic mass is 10.3. The van der Waals surface area contributed by atoms with E-state index in [0.29, 0.717) is 22.8 Å². The molecule has 1 aromatic rings. The summed E-state index contributed by atoms with van der Waals surface area (Å²) in [5, 5.41) is 4.25. The van der Waals surface area contributed by atoms with Gasteiger partial charge in [-0.1, -0.05) is 0 Å². The van der Waals surface area contributed by atoms with E-state index in [4.69, 9.17) is 0 Å². The first-order valence-corrected chi connectivity index (χ1v) is 9.18. The minimum atomic E-state index is -4.18. The monoisotopic (exact) mass is 406 g/mol. The predicted octanol–water partition coefficient (Wildman–Crippen LogP) is 4.60. The Labute approximate surface area is 159 Å². The first-order valence-electron chi connectivity index (χ1n) is 8.02. The second kappa shape index (κ2) is 10.3. The number of carbonyl (C=O) groups is 1. The summed E-state index contributed by atoms with van der Waals surface area (Å²) in [6, 6.07) is 0. The third-order valence-electron chi connectivity index (χ3n) is 3.52. The van der Waals surface area contributed by atoms with Crippen molar-refractivity contribution in [1.82, 2.24) is 9.78 Å². The highest BCUT2D eigenvalue weighted by atomic mass is 32.2. The van der Waals surface area contributed by atoms with Gasteiger partial charge in [0.05, 0.1) is 30.2 Å². The van der Waals surface area contributed by atoms with Gasteiger partial charge in [-0.25, -0.2) is 9.07 Å². The maximum absolute atomic E-state index is 13.5. The Kier molecular flexibility index (Phi) is 8.74. The molecule has 0 bridgehead atoms. The fraction of sp³-hybridized carbons (Fsp3) is 0.471. The minimum absolute atomic E-state index is 0.0694. The first kappa shape index (κ1) is 22.9. The van der Waals surface area contributed by atoms with E-state index < -0.39 is 18.4 Å². The molecule has 0 aliphatic carbocycles. The lowest BCUT2D eigenvalue weighted by Crippen LogP contribution is -2.26. The zero-order valence-corrected chi connectivity index (χ0v) is 16.2. The van der Waals surface area contributed by atoms with E-state index >= 15 is 0 Å². The Morgan fingerprint density at radius 2 is 2.11 bits per heavy atom.